The molecule has 0 radical (unpaired) electrons. The van der Waals surface area contributed by atoms with Gasteiger partial charge < -0.3 is 10.8 Å². The first kappa shape index (κ1) is 11.9. The summed E-state index contributed by atoms with van der Waals surface area (Å²) in [5, 5.41) is 9.70. The Bertz CT molecular complexity index is 265. The summed E-state index contributed by atoms with van der Waals surface area (Å²) in [4.78, 5) is 0. The molecule has 3 N–H and O–H groups in total. The molecule has 0 bridgehead atoms. The predicted molar refractivity (Wildman–Crippen MR) is 62.8 cm³/mol. The number of hydrogen-bond donors (Lipinski definition) is 2. The summed E-state index contributed by atoms with van der Waals surface area (Å²) in [5.74, 6) is 0.713. The lowest BCUT2D eigenvalue weighted by molar-refractivity contribution is 0.322. The van der Waals surface area contributed by atoms with Gasteiger partial charge in [0.2, 0.25) is 0 Å². The first-order valence-corrected chi connectivity index (χ1v) is 5.88. The largest absolute Gasteiger partial charge is 0.396 e. The first-order valence-electron chi connectivity index (χ1n) is 4.46. The summed E-state index contributed by atoms with van der Waals surface area (Å²) in [6.07, 6.45) is 0. The minimum Gasteiger partial charge on any atom is -0.396 e. The lowest BCUT2D eigenvalue weighted by Crippen LogP contribution is -2.10. The second-order valence-electron chi connectivity index (χ2n) is 2.87. The van der Waals surface area contributed by atoms with Gasteiger partial charge in [-0.3, -0.25) is 0 Å². The Hall–Kier alpha value is -0.220. The summed E-state index contributed by atoms with van der Waals surface area (Å²) in [6.45, 7) is 0.765. The van der Waals surface area contributed by atoms with Crippen molar-refractivity contribution < 1.29 is 5.11 Å². The summed E-state index contributed by atoms with van der Waals surface area (Å²) in [7, 11) is 0. The van der Waals surface area contributed by atoms with Crippen molar-refractivity contribution in [2.24, 2.45) is 5.73 Å². The van der Waals surface area contributed by atoms with Gasteiger partial charge in [0, 0.05) is 22.6 Å². The van der Waals surface area contributed by atoms with E-state index in [1.54, 1.807) is 11.8 Å². The van der Waals surface area contributed by atoms with Crippen LogP contribution in [0.25, 0.3) is 0 Å². The summed E-state index contributed by atoms with van der Waals surface area (Å²) in [6, 6.07) is 7.67. The quantitative estimate of drug-likeness (QED) is 0.816. The molecule has 0 aliphatic carbocycles. The van der Waals surface area contributed by atoms with Crippen LogP contribution in [0.4, 0.5) is 0 Å². The highest BCUT2D eigenvalue weighted by molar-refractivity contribution is 7.99. The lowest BCUT2D eigenvalue weighted by Gasteiger charge is -2.13. The third-order valence-corrected chi connectivity index (χ3v) is 3.40. The maximum atomic E-state index is 8.72. The molecule has 1 rings (SSSR count). The molecule has 78 valence electrons. The van der Waals surface area contributed by atoms with Gasteiger partial charge in [-0.05, 0) is 17.7 Å². The van der Waals surface area contributed by atoms with Crippen LogP contribution in [0.3, 0.4) is 0 Å². The van der Waals surface area contributed by atoms with Gasteiger partial charge >= 0.3 is 0 Å². The molecule has 4 heteroatoms. The van der Waals surface area contributed by atoms with Crippen LogP contribution in [0, 0.1) is 0 Å². The normalized spacial score (nSPS) is 12.8. The number of rotatable bonds is 5. The summed E-state index contributed by atoms with van der Waals surface area (Å²) < 4.78 is 0. The minimum absolute atomic E-state index is 0.189. The van der Waals surface area contributed by atoms with Crippen molar-refractivity contribution in [3.05, 3.63) is 34.9 Å². The van der Waals surface area contributed by atoms with Gasteiger partial charge in [-0.15, -0.1) is 0 Å². The zero-order valence-electron chi connectivity index (χ0n) is 7.82. The molecule has 0 aliphatic heterocycles. The minimum atomic E-state index is 0.189. The fourth-order valence-electron chi connectivity index (χ4n) is 1.17. The van der Waals surface area contributed by atoms with E-state index in [2.05, 4.69) is 0 Å². The molecule has 1 aromatic rings. The van der Waals surface area contributed by atoms with Crippen LogP contribution in [0.15, 0.2) is 24.3 Å². The van der Waals surface area contributed by atoms with E-state index >= 15 is 0 Å². The van der Waals surface area contributed by atoms with Crippen LogP contribution < -0.4 is 5.73 Å². The Kier molecular flexibility index (Phi) is 5.33. The predicted octanol–water partition coefficient (Wildman–Crippen LogP) is 2.07. The van der Waals surface area contributed by atoms with Crippen molar-refractivity contribution in [3.8, 4) is 0 Å². The van der Waals surface area contributed by atoms with Crippen molar-refractivity contribution in [1.82, 2.24) is 0 Å². The highest BCUT2D eigenvalue weighted by atomic mass is 35.5. The third-order valence-electron chi connectivity index (χ3n) is 1.87. The monoisotopic (exact) mass is 231 g/mol. The molecule has 14 heavy (non-hydrogen) atoms. The van der Waals surface area contributed by atoms with Crippen molar-refractivity contribution in [2.45, 2.75) is 5.25 Å². The van der Waals surface area contributed by atoms with Crippen molar-refractivity contribution >= 4 is 23.4 Å². The fourth-order valence-corrected chi connectivity index (χ4v) is 2.17. The average Bonchev–Trinajstić information content (AvgIpc) is 2.21. The van der Waals surface area contributed by atoms with Crippen molar-refractivity contribution in [3.63, 3.8) is 0 Å². The van der Waals surface area contributed by atoms with Gasteiger partial charge in [0.1, 0.15) is 0 Å². The maximum Gasteiger partial charge on any atom is 0.0521 e. The molecule has 0 spiro atoms. The highest BCUT2D eigenvalue weighted by Crippen LogP contribution is 2.28. The van der Waals surface area contributed by atoms with Gasteiger partial charge in [-0.25, -0.2) is 0 Å². The van der Waals surface area contributed by atoms with Crippen LogP contribution in [0.5, 0.6) is 0 Å². The van der Waals surface area contributed by atoms with E-state index in [4.69, 9.17) is 22.4 Å². The smallest absolute Gasteiger partial charge is 0.0521 e. The maximum absolute atomic E-state index is 8.72. The van der Waals surface area contributed by atoms with E-state index in [1.807, 2.05) is 24.3 Å². The first-order chi connectivity index (χ1) is 6.77. The zero-order chi connectivity index (χ0) is 10.4. The number of halogens is 1. The average molecular weight is 232 g/mol. The third kappa shape index (κ3) is 3.50. The molecule has 0 saturated carbocycles. The molecule has 0 saturated heterocycles. The molecular weight excluding hydrogens is 218 g/mol. The van der Waals surface area contributed by atoms with Crippen LogP contribution in [0.1, 0.15) is 10.8 Å². The summed E-state index contributed by atoms with van der Waals surface area (Å²) >= 11 is 7.45. The van der Waals surface area contributed by atoms with E-state index in [1.165, 1.54) is 0 Å². The zero-order valence-corrected chi connectivity index (χ0v) is 9.39. The van der Waals surface area contributed by atoms with Crippen molar-refractivity contribution in [1.29, 1.82) is 0 Å². The Morgan fingerprint density at radius 2 is 2.00 bits per heavy atom. The number of thioether (sulfide) groups is 1. The van der Waals surface area contributed by atoms with Gasteiger partial charge in [-0.1, -0.05) is 23.7 Å². The molecule has 1 unspecified atom stereocenters. The Morgan fingerprint density at radius 1 is 1.36 bits per heavy atom. The van der Waals surface area contributed by atoms with Crippen LogP contribution in [-0.4, -0.2) is 24.0 Å². The van der Waals surface area contributed by atoms with Crippen LogP contribution in [0.2, 0.25) is 5.02 Å². The van der Waals surface area contributed by atoms with Crippen LogP contribution >= 0.6 is 23.4 Å². The van der Waals surface area contributed by atoms with Gasteiger partial charge in [-0.2, -0.15) is 11.8 Å². The fraction of sp³-hybridized carbons (Fsp3) is 0.400. The molecule has 0 amide bonds. The molecule has 0 fully saturated rings. The molecule has 2 nitrogen and oxygen atoms in total. The Labute approximate surface area is 93.5 Å². The van der Waals surface area contributed by atoms with Gasteiger partial charge in [0.25, 0.3) is 0 Å². The van der Waals surface area contributed by atoms with Crippen LogP contribution in [-0.2, 0) is 0 Å². The second kappa shape index (κ2) is 6.30. The van der Waals surface area contributed by atoms with E-state index in [9.17, 15) is 0 Å². The second-order valence-corrected chi connectivity index (χ2v) is 4.62. The number of aliphatic hydroxyl groups excluding tert-OH is 1. The van der Waals surface area contributed by atoms with E-state index in [0.717, 1.165) is 10.6 Å². The Balaban J connectivity index is 2.64. The van der Waals surface area contributed by atoms with Gasteiger partial charge in [0.15, 0.2) is 0 Å². The molecule has 1 aromatic carbocycles. The van der Waals surface area contributed by atoms with Crippen molar-refractivity contribution in [2.75, 3.05) is 18.9 Å². The SMILES string of the molecule is NCC(SCCO)c1ccc(Cl)cc1. The molecule has 1 atom stereocenters. The summed E-state index contributed by atoms with van der Waals surface area (Å²) in [5.41, 5.74) is 6.81. The molecular formula is C10H14ClNOS. The molecule has 0 aromatic heterocycles. The number of aliphatic hydroxyl groups is 1. The molecule has 0 heterocycles. The van der Waals surface area contributed by atoms with E-state index < -0.39 is 0 Å². The Morgan fingerprint density at radius 3 is 2.50 bits per heavy atom. The molecule has 0 aliphatic rings. The highest BCUT2D eigenvalue weighted by Gasteiger charge is 2.08. The standard InChI is InChI=1S/C10H14ClNOS/c11-9-3-1-8(2-4-9)10(7-12)14-6-5-13/h1-4,10,13H,5-7,12H2. The topological polar surface area (TPSA) is 46.2 Å². The number of hydrogen-bond acceptors (Lipinski definition) is 3. The van der Waals surface area contributed by atoms with Gasteiger partial charge in [0.05, 0.1) is 6.61 Å². The van der Waals surface area contributed by atoms with E-state index in [0.29, 0.717) is 12.3 Å². The van der Waals surface area contributed by atoms with E-state index in [-0.39, 0.29) is 11.9 Å². The number of nitrogens with two attached hydrogens (primary N) is 1. The number of benzene rings is 1. The lowest BCUT2D eigenvalue weighted by atomic mass is 10.1.